The second-order valence-electron chi connectivity index (χ2n) is 5.10. The van der Waals surface area contributed by atoms with Gasteiger partial charge in [-0.2, -0.15) is 0 Å². The molecule has 98 valence electrons. The predicted molar refractivity (Wildman–Crippen MR) is 80.5 cm³/mol. The van der Waals surface area contributed by atoms with Crippen LogP contribution >= 0.6 is 11.8 Å². The molecule has 0 saturated carbocycles. The van der Waals surface area contributed by atoms with E-state index in [0.29, 0.717) is 5.92 Å². The van der Waals surface area contributed by atoms with Gasteiger partial charge in [-0.05, 0) is 36.4 Å². The Morgan fingerprint density at radius 3 is 2.84 bits per heavy atom. The summed E-state index contributed by atoms with van der Waals surface area (Å²) in [5.74, 6) is 1.87. The Balaban J connectivity index is 1.63. The fourth-order valence-electron chi connectivity index (χ4n) is 2.62. The largest absolute Gasteiger partial charge is 0.301 e. The van der Waals surface area contributed by atoms with Crippen LogP contribution in [0, 0.1) is 0 Å². The first kappa shape index (κ1) is 12.7. The van der Waals surface area contributed by atoms with Gasteiger partial charge in [0.1, 0.15) is 0 Å². The summed E-state index contributed by atoms with van der Waals surface area (Å²) < 4.78 is 0. The van der Waals surface area contributed by atoms with Crippen LogP contribution < -0.4 is 0 Å². The highest BCUT2D eigenvalue weighted by Gasteiger charge is 2.23. The first-order valence-electron chi connectivity index (χ1n) is 6.62. The molecule has 1 aliphatic heterocycles. The van der Waals surface area contributed by atoms with Crippen LogP contribution in [0.2, 0.25) is 0 Å². The van der Waals surface area contributed by atoms with Crippen LogP contribution in [0.3, 0.4) is 0 Å². The molecule has 0 saturated heterocycles. The molecule has 1 aromatic heterocycles. The van der Waals surface area contributed by atoms with Crippen LogP contribution in [0.5, 0.6) is 0 Å². The average Bonchev–Trinajstić information content (AvgIpc) is 2.83. The highest BCUT2D eigenvalue weighted by atomic mass is 32.2. The monoisotopic (exact) mass is 270 g/mol. The third kappa shape index (κ3) is 2.99. The Morgan fingerprint density at radius 2 is 2.00 bits per heavy atom. The molecule has 0 spiro atoms. The van der Waals surface area contributed by atoms with Crippen molar-refractivity contribution in [1.29, 1.82) is 0 Å². The number of aromatic nitrogens is 1. The van der Waals surface area contributed by atoms with E-state index in [1.54, 1.807) is 0 Å². The normalized spacial score (nSPS) is 17.7. The smallest absolute Gasteiger partial charge is 0.0271 e. The lowest BCUT2D eigenvalue weighted by molar-refractivity contribution is 0.311. The summed E-state index contributed by atoms with van der Waals surface area (Å²) >= 11 is 1.99. The summed E-state index contributed by atoms with van der Waals surface area (Å²) in [6.45, 7) is 2.11. The molecular weight excluding hydrogens is 252 g/mol. The summed E-state index contributed by atoms with van der Waals surface area (Å²) in [7, 11) is 2.20. The quantitative estimate of drug-likeness (QED) is 0.847. The van der Waals surface area contributed by atoms with Crippen molar-refractivity contribution >= 4 is 11.8 Å². The van der Waals surface area contributed by atoms with Crippen LogP contribution in [0.1, 0.15) is 17.0 Å². The number of fused-ring (bicyclic) bond motifs is 1. The van der Waals surface area contributed by atoms with Crippen molar-refractivity contribution in [3.8, 4) is 0 Å². The van der Waals surface area contributed by atoms with Gasteiger partial charge in [0.15, 0.2) is 0 Å². The van der Waals surface area contributed by atoms with Crippen LogP contribution in [-0.4, -0.2) is 29.2 Å². The minimum Gasteiger partial charge on any atom is -0.301 e. The van der Waals surface area contributed by atoms with E-state index in [2.05, 4.69) is 53.3 Å². The number of benzene rings is 1. The average molecular weight is 270 g/mol. The van der Waals surface area contributed by atoms with Crippen molar-refractivity contribution < 1.29 is 0 Å². The van der Waals surface area contributed by atoms with Crippen molar-refractivity contribution in [3.63, 3.8) is 0 Å². The van der Waals surface area contributed by atoms with E-state index in [9.17, 15) is 0 Å². The second kappa shape index (κ2) is 5.76. The molecule has 19 heavy (non-hydrogen) atoms. The first-order valence-corrected chi connectivity index (χ1v) is 7.60. The number of thioether (sulfide) groups is 1. The Morgan fingerprint density at radius 1 is 1.21 bits per heavy atom. The molecule has 1 atom stereocenters. The molecule has 1 unspecified atom stereocenters. The number of hydrogen-bond acceptors (Lipinski definition) is 3. The van der Waals surface area contributed by atoms with Crippen LogP contribution in [0.15, 0.2) is 53.7 Å². The third-order valence-electron chi connectivity index (χ3n) is 3.53. The number of rotatable bonds is 4. The maximum absolute atomic E-state index is 4.06. The maximum atomic E-state index is 4.06. The maximum Gasteiger partial charge on any atom is 0.0271 e. The molecule has 2 aromatic rings. The van der Waals surface area contributed by atoms with E-state index in [0.717, 1.165) is 13.1 Å². The van der Waals surface area contributed by atoms with Gasteiger partial charge in [0, 0.05) is 42.0 Å². The molecule has 1 aromatic carbocycles. The molecule has 0 aliphatic carbocycles. The number of nitrogens with zero attached hydrogens (tertiary/aromatic N) is 2. The SMILES string of the molecule is CN(Cc1ccncc1)CC1CSc2ccccc21. The fourth-order valence-corrected chi connectivity index (χ4v) is 3.86. The minimum absolute atomic E-state index is 0.660. The zero-order chi connectivity index (χ0) is 13.1. The number of pyridine rings is 1. The fraction of sp³-hybridized carbons (Fsp3) is 0.312. The van der Waals surface area contributed by atoms with Gasteiger partial charge in [-0.1, -0.05) is 18.2 Å². The summed E-state index contributed by atoms with van der Waals surface area (Å²) in [6, 6.07) is 13.0. The van der Waals surface area contributed by atoms with Gasteiger partial charge >= 0.3 is 0 Å². The number of hydrogen-bond donors (Lipinski definition) is 0. The third-order valence-corrected chi connectivity index (χ3v) is 4.78. The molecule has 1 aliphatic rings. The Bertz CT molecular complexity index is 541. The molecule has 0 radical (unpaired) electrons. The van der Waals surface area contributed by atoms with E-state index in [-0.39, 0.29) is 0 Å². The summed E-state index contributed by atoms with van der Waals surface area (Å²) in [6.07, 6.45) is 3.73. The molecule has 0 fully saturated rings. The van der Waals surface area contributed by atoms with Crippen LogP contribution in [0.4, 0.5) is 0 Å². The molecular formula is C16H18N2S. The Hall–Kier alpha value is -1.32. The molecule has 0 N–H and O–H groups in total. The van der Waals surface area contributed by atoms with E-state index in [1.807, 2.05) is 24.2 Å². The van der Waals surface area contributed by atoms with Gasteiger partial charge in [0.05, 0.1) is 0 Å². The lowest BCUT2D eigenvalue weighted by Crippen LogP contribution is -2.24. The van der Waals surface area contributed by atoms with Crippen molar-refractivity contribution in [1.82, 2.24) is 9.88 Å². The van der Waals surface area contributed by atoms with Gasteiger partial charge in [-0.15, -0.1) is 11.8 Å². The van der Waals surface area contributed by atoms with E-state index >= 15 is 0 Å². The summed E-state index contributed by atoms with van der Waals surface area (Å²) in [5.41, 5.74) is 2.85. The van der Waals surface area contributed by atoms with Gasteiger partial charge in [-0.25, -0.2) is 0 Å². The van der Waals surface area contributed by atoms with E-state index in [4.69, 9.17) is 0 Å². The second-order valence-corrected chi connectivity index (χ2v) is 6.16. The molecule has 3 rings (SSSR count). The lowest BCUT2D eigenvalue weighted by Gasteiger charge is -2.21. The van der Waals surface area contributed by atoms with Gasteiger partial charge in [0.2, 0.25) is 0 Å². The standard InChI is InChI=1S/C16H18N2S/c1-18(10-13-6-8-17-9-7-13)11-14-12-19-16-5-3-2-4-15(14)16/h2-9,14H,10-12H2,1H3. The van der Waals surface area contributed by atoms with Crippen molar-refractivity contribution in [3.05, 3.63) is 59.9 Å². The topological polar surface area (TPSA) is 16.1 Å². The zero-order valence-electron chi connectivity index (χ0n) is 11.1. The van der Waals surface area contributed by atoms with Crippen molar-refractivity contribution in [2.75, 3.05) is 19.3 Å². The molecule has 3 heteroatoms. The Kier molecular flexibility index (Phi) is 3.85. The first-order chi connectivity index (χ1) is 9.33. The van der Waals surface area contributed by atoms with Crippen molar-refractivity contribution in [2.24, 2.45) is 0 Å². The zero-order valence-corrected chi connectivity index (χ0v) is 11.9. The van der Waals surface area contributed by atoms with E-state index < -0.39 is 0 Å². The highest BCUT2D eigenvalue weighted by molar-refractivity contribution is 7.99. The van der Waals surface area contributed by atoms with Gasteiger partial charge in [0.25, 0.3) is 0 Å². The summed E-state index contributed by atoms with van der Waals surface area (Å²) in [5, 5.41) is 0. The van der Waals surface area contributed by atoms with Gasteiger partial charge in [-0.3, -0.25) is 4.98 Å². The van der Waals surface area contributed by atoms with Crippen molar-refractivity contribution in [2.45, 2.75) is 17.4 Å². The van der Waals surface area contributed by atoms with E-state index in [1.165, 1.54) is 21.8 Å². The molecule has 0 amide bonds. The number of likely N-dealkylation sites (N-methyl/N-ethyl adjacent to an activating group) is 1. The highest BCUT2D eigenvalue weighted by Crippen LogP contribution is 2.39. The van der Waals surface area contributed by atoms with Crippen LogP contribution in [-0.2, 0) is 6.54 Å². The molecule has 2 heterocycles. The predicted octanol–water partition coefficient (Wildman–Crippen LogP) is 3.40. The molecule has 0 bridgehead atoms. The van der Waals surface area contributed by atoms with Crippen LogP contribution in [0.25, 0.3) is 0 Å². The van der Waals surface area contributed by atoms with Gasteiger partial charge < -0.3 is 4.90 Å². The minimum atomic E-state index is 0.660. The molecule has 2 nitrogen and oxygen atoms in total. The lowest BCUT2D eigenvalue weighted by atomic mass is 10.0. The Labute approximate surface area is 118 Å². The summed E-state index contributed by atoms with van der Waals surface area (Å²) in [4.78, 5) is 7.93.